The van der Waals surface area contributed by atoms with Crippen LogP contribution in [0.3, 0.4) is 0 Å². The van der Waals surface area contributed by atoms with E-state index in [4.69, 9.17) is 0 Å². The van der Waals surface area contributed by atoms with Crippen LogP contribution in [0.25, 0.3) is 22.2 Å². The van der Waals surface area contributed by atoms with E-state index in [1.54, 1.807) is 23.1 Å². The molecular weight excluding hydrogens is 449 g/mol. The Labute approximate surface area is 201 Å². The van der Waals surface area contributed by atoms with Crippen LogP contribution < -0.4 is 10.6 Å². The number of H-pyrrole nitrogens is 1. The number of anilines is 1. The van der Waals surface area contributed by atoms with Crippen molar-refractivity contribution < 1.29 is 14.3 Å². The number of rotatable bonds is 7. The SMILES string of the molecule is CCn1cc(C(=O)NCc2ccc(-c3ccnc4[nH]nc(N[C@H]5CC[C@H](O)CC5)c34)cc2F)cn1. The highest BCUT2D eigenvalue weighted by atomic mass is 19.1. The molecule has 0 spiro atoms. The fraction of sp³-hybridized carbons (Fsp3) is 0.360. The van der Waals surface area contributed by atoms with Crippen LogP contribution in [0.2, 0.25) is 0 Å². The molecule has 3 aromatic heterocycles. The van der Waals surface area contributed by atoms with Gasteiger partial charge in [0.25, 0.3) is 5.91 Å². The number of nitrogens with zero attached hydrogens (tertiary/aromatic N) is 4. The summed E-state index contributed by atoms with van der Waals surface area (Å²) >= 11 is 0. The van der Waals surface area contributed by atoms with Crippen molar-refractivity contribution in [2.24, 2.45) is 0 Å². The van der Waals surface area contributed by atoms with Crippen molar-refractivity contribution in [3.05, 3.63) is 59.8 Å². The van der Waals surface area contributed by atoms with E-state index in [-0.39, 0.29) is 24.6 Å². The summed E-state index contributed by atoms with van der Waals surface area (Å²) in [6.45, 7) is 2.68. The van der Waals surface area contributed by atoms with Gasteiger partial charge in [0.15, 0.2) is 11.5 Å². The Hall–Kier alpha value is -3.79. The number of hydrogen-bond donors (Lipinski definition) is 4. The molecule has 0 aliphatic heterocycles. The Morgan fingerprint density at radius 1 is 1.26 bits per heavy atom. The summed E-state index contributed by atoms with van der Waals surface area (Å²) in [6.07, 6.45) is 7.83. The van der Waals surface area contributed by atoms with Gasteiger partial charge in [-0.3, -0.25) is 14.6 Å². The van der Waals surface area contributed by atoms with Gasteiger partial charge in [-0.05, 0) is 55.9 Å². The summed E-state index contributed by atoms with van der Waals surface area (Å²) in [6, 6.07) is 7.05. The number of aromatic nitrogens is 5. The molecule has 3 heterocycles. The first kappa shape index (κ1) is 23.0. The van der Waals surface area contributed by atoms with Gasteiger partial charge in [0, 0.05) is 37.1 Å². The molecule has 5 rings (SSSR count). The second-order valence-electron chi connectivity index (χ2n) is 8.88. The average molecular weight is 478 g/mol. The van der Waals surface area contributed by atoms with Crippen molar-refractivity contribution in [1.82, 2.24) is 30.3 Å². The van der Waals surface area contributed by atoms with Crippen LogP contribution in [0.15, 0.2) is 42.9 Å². The number of nitrogens with one attached hydrogen (secondary N) is 3. The predicted molar refractivity (Wildman–Crippen MR) is 130 cm³/mol. The first-order chi connectivity index (χ1) is 17.0. The van der Waals surface area contributed by atoms with Crippen LogP contribution in [0, 0.1) is 5.82 Å². The van der Waals surface area contributed by atoms with Gasteiger partial charge in [0.05, 0.1) is 23.3 Å². The maximum atomic E-state index is 15.0. The molecule has 0 saturated heterocycles. The summed E-state index contributed by atoms with van der Waals surface area (Å²) in [5, 5.41) is 28.3. The summed E-state index contributed by atoms with van der Waals surface area (Å²) in [5.74, 6) is -0.0292. The Morgan fingerprint density at radius 2 is 2.09 bits per heavy atom. The van der Waals surface area contributed by atoms with E-state index in [1.165, 1.54) is 12.3 Å². The standard InChI is InChI=1S/C25H28FN7O2/c1-2-33-14-17(13-29-33)25(35)28-12-16-4-3-15(11-21(16)26)20-9-10-27-23-22(20)24(32-31-23)30-18-5-7-19(34)8-6-18/h3-4,9-11,13-14,18-19,34H,2,5-8,12H2,1H3,(H,28,35)(H2,27,30,31,32)/t18-,19-. The van der Waals surface area contributed by atoms with Crippen LogP contribution in [-0.2, 0) is 13.1 Å². The van der Waals surface area contributed by atoms with Crippen LogP contribution in [0.4, 0.5) is 10.2 Å². The lowest BCUT2D eigenvalue weighted by molar-refractivity contribution is 0.0950. The lowest BCUT2D eigenvalue weighted by Gasteiger charge is -2.26. The zero-order valence-corrected chi connectivity index (χ0v) is 19.5. The molecule has 4 aromatic rings. The van der Waals surface area contributed by atoms with E-state index in [0.29, 0.717) is 34.7 Å². The van der Waals surface area contributed by atoms with Crippen molar-refractivity contribution in [2.75, 3.05) is 5.32 Å². The fourth-order valence-electron chi connectivity index (χ4n) is 4.50. The fourth-order valence-corrected chi connectivity index (χ4v) is 4.50. The first-order valence-corrected chi connectivity index (χ1v) is 11.9. The lowest BCUT2D eigenvalue weighted by Crippen LogP contribution is -2.28. The monoisotopic (exact) mass is 477 g/mol. The minimum atomic E-state index is -0.406. The van der Waals surface area contributed by atoms with E-state index in [2.05, 4.69) is 30.9 Å². The Morgan fingerprint density at radius 3 is 2.83 bits per heavy atom. The van der Waals surface area contributed by atoms with Crippen molar-refractivity contribution in [1.29, 1.82) is 0 Å². The molecule has 10 heteroatoms. The molecule has 1 amide bonds. The molecule has 9 nitrogen and oxygen atoms in total. The number of hydrogen-bond acceptors (Lipinski definition) is 6. The molecule has 0 unspecified atom stereocenters. The number of aliphatic hydroxyl groups excluding tert-OH is 1. The quantitative estimate of drug-likeness (QED) is 0.323. The number of carbonyl (C=O) groups excluding carboxylic acids is 1. The van der Waals surface area contributed by atoms with Crippen LogP contribution in [-0.4, -0.2) is 48.1 Å². The molecule has 1 fully saturated rings. The third kappa shape index (κ3) is 4.88. The maximum Gasteiger partial charge on any atom is 0.254 e. The summed E-state index contributed by atoms with van der Waals surface area (Å²) in [7, 11) is 0. The molecule has 1 aliphatic carbocycles. The molecule has 0 bridgehead atoms. The summed E-state index contributed by atoms with van der Waals surface area (Å²) in [4.78, 5) is 16.7. The van der Waals surface area contributed by atoms with Crippen LogP contribution in [0.1, 0.15) is 48.5 Å². The molecular formula is C25H28FN7O2. The molecule has 4 N–H and O–H groups in total. The predicted octanol–water partition coefficient (Wildman–Crippen LogP) is 3.63. The van der Waals surface area contributed by atoms with Gasteiger partial charge in [0.1, 0.15) is 5.82 Å². The molecule has 182 valence electrons. The number of fused-ring (bicyclic) bond motifs is 1. The molecule has 1 saturated carbocycles. The topological polar surface area (TPSA) is 121 Å². The second kappa shape index (κ2) is 9.83. The Balaban J connectivity index is 1.34. The lowest BCUT2D eigenvalue weighted by atomic mass is 9.93. The normalized spacial score (nSPS) is 18.0. The minimum Gasteiger partial charge on any atom is -0.393 e. The molecule has 0 radical (unpaired) electrons. The minimum absolute atomic E-state index is 0.0695. The average Bonchev–Trinajstić information content (AvgIpc) is 3.52. The number of amides is 1. The summed E-state index contributed by atoms with van der Waals surface area (Å²) < 4.78 is 16.7. The maximum absolute atomic E-state index is 15.0. The van der Waals surface area contributed by atoms with E-state index in [0.717, 1.165) is 36.6 Å². The number of pyridine rings is 1. The van der Waals surface area contributed by atoms with E-state index in [1.807, 2.05) is 19.1 Å². The van der Waals surface area contributed by atoms with Crippen molar-refractivity contribution >= 4 is 22.8 Å². The van der Waals surface area contributed by atoms with E-state index < -0.39 is 5.82 Å². The Bertz CT molecular complexity index is 1340. The molecule has 1 aromatic carbocycles. The van der Waals surface area contributed by atoms with Crippen molar-refractivity contribution in [2.45, 2.75) is 57.8 Å². The van der Waals surface area contributed by atoms with Gasteiger partial charge in [-0.2, -0.15) is 10.2 Å². The van der Waals surface area contributed by atoms with Gasteiger partial charge in [-0.1, -0.05) is 12.1 Å². The van der Waals surface area contributed by atoms with E-state index in [9.17, 15) is 9.90 Å². The second-order valence-corrected chi connectivity index (χ2v) is 8.88. The third-order valence-electron chi connectivity index (χ3n) is 6.52. The van der Waals surface area contributed by atoms with Gasteiger partial charge < -0.3 is 15.7 Å². The van der Waals surface area contributed by atoms with Gasteiger partial charge >= 0.3 is 0 Å². The first-order valence-electron chi connectivity index (χ1n) is 11.9. The largest absolute Gasteiger partial charge is 0.393 e. The molecule has 35 heavy (non-hydrogen) atoms. The van der Waals surface area contributed by atoms with Gasteiger partial charge in [-0.25, -0.2) is 9.37 Å². The molecule has 0 atom stereocenters. The smallest absolute Gasteiger partial charge is 0.254 e. The van der Waals surface area contributed by atoms with Gasteiger partial charge in [-0.15, -0.1) is 0 Å². The van der Waals surface area contributed by atoms with Gasteiger partial charge in [0.2, 0.25) is 0 Å². The zero-order chi connectivity index (χ0) is 24.4. The van der Waals surface area contributed by atoms with Crippen LogP contribution in [0.5, 0.6) is 0 Å². The number of aryl methyl sites for hydroxylation is 1. The zero-order valence-electron chi connectivity index (χ0n) is 19.5. The number of carbonyl (C=O) groups is 1. The van der Waals surface area contributed by atoms with E-state index >= 15 is 4.39 Å². The number of aromatic amines is 1. The Kier molecular flexibility index (Phi) is 6.45. The van der Waals surface area contributed by atoms with Crippen molar-refractivity contribution in [3.8, 4) is 11.1 Å². The highest BCUT2D eigenvalue weighted by Gasteiger charge is 2.22. The highest BCUT2D eigenvalue weighted by molar-refractivity contribution is 6.00. The number of aliphatic hydroxyl groups is 1. The number of halogens is 1. The van der Waals surface area contributed by atoms with Crippen LogP contribution >= 0.6 is 0 Å². The number of benzene rings is 1. The van der Waals surface area contributed by atoms with Crippen molar-refractivity contribution in [3.63, 3.8) is 0 Å². The third-order valence-corrected chi connectivity index (χ3v) is 6.52. The molecule has 1 aliphatic rings. The highest BCUT2D eigenvalue weighted by Crippen LogP contribution is 2.33. The summed E-state index contributed by atoms with van der Waals surface area (Å²) in [5.41, 5.74) is 2.95.